The number of rotatable bonds is 8. The van der Waals surface area contributed by atoms with Gasteiger partial charge in [-0.3, -0.25) is 4.79 Å². The molecule has 0 saturated carbocycles. The molecular weight excluding hydrogens is 388 g/mol. The van der Waals surface area contributed by atoms with Crippen LogP contribution in [0.4, 0.5) is 0 Å². The van der Waals surface area contributed by atoms with Crippen LogP contribution in [0.25, 0.3) is 11.1 Å². The van der Waals surface area contributed by atoms with Crippen LogP contribution in [0.1, 0.15) is 61.8 Å². The molecule has 0 aliphatic heterocycles. The Morgan fingerprint density at radius 2 is 2.07 bits per heavy atom. The molecule has 5 nitrogen and oxygen atoms in total. The number of nitrogens with one attached hydrogen (secondary N) is 1. The van der Waals surface area contributed by atoms with Gasteiger partial charge in [-0.1, -0.05) is 23.7 Å². The van der Waals surface area contributed by atoms with Gasteiger partial charge in [-0.2, -0.15) is 0 Å². The molecular formula is C23H27ClN2O3. The van der Waals surface area contributed by atoms with E-state index in [9.17, 15) is 9.90 Å². The van der Waals surface area contributed by atoms with Gasteiger partial charge in [-0.05, 0) is 75.9 Å². The number of oxazole rings is 1. The zero-order valence-electron chi connectivity index (χ0n) is 17.0. The van der Waals surface area contributed by atoms with Gasteiger partial charge in [0.25, 0.3) is 5.91 Å². The van der Waals surface area contributed by atoms with Crippen molar-refractivity contribution in [2.45, 2.75) is 58.1 Å². The van der Waals surface area contributed by atoms with Crippen molar-refractivity contribution in [2.24, 2.45) is 0 Å². The van der Waals surface area contributed by atoms with Crippen LogP contribution in [-0.2, 0) is 6.42 Å². The first-order valence-electron chi connectivity index (χ1n) is 9.87. The van der Waals surface area contributed by atoms with Gasteiger partial charge in [0.2, 0.25) is 0 Å². The lowest BCUT2D eigenvalue weighted by Gasteiger charge is -2.19. The maximum absolute atomic E-state index is 12.6. The average Bonchev–Trinajstić information content (AvgIpc) is 3.01. The average molecular weight is 415 g/mol. The van der Waals surface area contributed by atoms with Crippen molar-refractivity contribution in [1.82, 2.24) is 10.3 Å². The highest BCUT2D eigenvalue weighted by Crippen LogP contribution is 2.21. The Labute approximate surface area is 176 Å². The molecule has 0 aliphatic carbocycles. The summed E-state index contributed by atoms with van der Waals surface area (Å²) in [5.41, 5.74) is 2.18. The normalized spacial score (nSPS) is 12.9. The lowest BCUT2D eigenvalue weighted by Crippen LogP contribution is -2.33. The van der Waals surface area contributed by atoms with Gasteiger partial charge in [-0.15, -0.1) is 0 Å². The standard InChI is InChI=1S/C23H27ClN2O3/c1-15(6-5-11-23(2,3)28)25-22(27)17-9-10-19-20(14-17)29-21(26-19)13-16-7-4-8-18(24)12-16/h4,7-10,12,14-15,28H,5-6,11,13H2,1-3H3,(H,25,27)/t15-/m1/s1. The highest BCUT2D eigenvalue weighted by atomic mass is 35.5. The molecule has 1 heterocycles. The van der Waals surface area contributed by atoms with Crippen LogP contribution in [0.3, 0.4) is 0 Å². The maximum atomic E-state index is 12.6. The summed E-state index contributed by atoms with van der Waals surface area (Å²) in [5.74, 6) is 0.440. The lowest BCUT2D eigenvalue weighted by molar-refractivity contribution is 0.0674. The van der Waals surface area contributed by atoms with Crippen molar-refractivity contribution < 1.29 is 14.3 Å². The molecule has 1 aromatic heterocycles. The van der Waals surface area contributed by atoms with E-state index < -0.39 is 5.60 Å². The van der Waals surface area contributed by atoms with Crippen LogP contribution in [-0.4, -0.2) is 27.6 Å². The van der Waals surface area contributed by atoms with Crippen LogP contribution in [0, 0.1) is 0 Å². The second-order valence-corrected chi connectivity index (χ2v) is 8.61. The van der Waals surface area contributed by atoms with Crippen LogP contribution >= 0.6 is 11.6 Å². The first kappa shape index (κ1) is 21.3. The molecule has 0 aliphatic rings. The minimum atomic E-state index is -0.677. The third-order valence-electron chi connectivity index (χ3n) is 4.74. The highest BCUT2D eigenvalue weighted by molar-refractivity contribution is 6.30. The summed E-state index contributed by atoms with van der Waals surface area (Å²) in [6, 6.07) is 12.9. The molecule has 2 N–H and O–H groups in total. The third kappa shape index (κ3) is 6.31. The number of carbonyl (C=O) groups excluding carboxylic acids is 1. The summed E-state index contributed by atoms with van der Waals surface area (Å²) in [5, 5.41) is 13.5. The number of amides is 1. The maximum Gasteiger partial charge on any atom is 0.251 e. The summed E-state index contributed by atoms with van der Waals surface area (Å²) >= 11 is 6.03. The Morgan fingerprint density at radius 3 is 2.79 bits per heavy atom. The molecule has 3 rings (SSSR count). The zero-order valence-corrected chi connectivity index (χ0v) is 17.8. The van der Waals surface area contributed by atoms with Gasteiger partial charge in [0.1, 0.15) is 5.52 Å². The second-order valence-electron chi connectivity index (χ2n) is 8.18. The fourth-order valence-corrected chi connectivity index (χ4v) is 3.44. The molecule has 3 aromatic rings. The number of halogens is 1. The number of aromatic nitrogens is 1. The summed E-state index contributed by atoms with van der Waals surface area (Å²) in [6.45, 7) is 5.56. The van der Waals surface area contributed by atoms with E-state index >= 15 is 0 Å². The second kappa shape index (κ2) is 8.97. The molecule has 6 heteroatoms. The van der Waals surface area contributed by atoms with Crippen molar-refractivity contribution in [3.63, 3.8) is 0 Å². The number of aliphatic hydroxyl groups is 1. The first-order valence-corrected chi connectivity index (χ1v) is 10.2. The van der Waals surface area contributed by atoms with Crippen molar-refractivity contribution in [3.8, 4) is 0 Å². The summed E-state index contributed by atoms with van der Waals surface area (Å²) in [4.78, 5) is 17.1. The van der Waals surface area contributed by atoms with Gasteiger partial charge in [0.15, 0.2) is 11.5 Å². The summed E-state index contributed by atoms with van der Waals surface area (Å²) in [6.07, 6.45) is 2.89. The van der Waals surface area contributed by atoms with Gasteiger partial charge < -0.3 is 14.8 Å². The predicted octanol–water partition coefficient (Wildman–Crippen LogP) is 5.13. The lowest BCUT2D eigenvalue weighted by atomic mass is 9.99. The Hall–Kier alpha value is -2.37. The van der Waals surface area contributed by atoms with Crippen molar-refractivity contribution >= 4 is 28.6 Å². The monoisotopic (exact) mass is 414 g/mol. The van der Waals surface area contributed by atoms with Gasteiger partial charge in [0, 0.05) is 23.0 Å². The number of benzene rings is 2. The molecule has 0 saturated heterocycles. The molecule has 29 heavy (non-hydrogen) atoms. The van der Waals surface area contributed by atoms with E-state index in [0.29, 0.717) is 34.9 Å². The van der Waals surface area contributed by atoms with E-state index in [0.717, 1.165) is 23.9 Å². The van der Waals surface area contributed by atoms with E-state index in [-0.39, 0.29) is 11.9 Å². The molecule has 0 bridgehead atoms. The molecule has 0 unspecified atom stereocenters. The SMILES string of the molecule is C[C@H](CCCC(C)(C)O)NC(=O)c1ccc2nc(Cc3cccc(Cl)c3)oc2c1. The minimum absolute atomic E-state index is 0.0219. The van der Waals surface area contributed by atoms with Crippen LogP contribution < -0.4 is 5.32 Å². The Bertz CT molecular complexity index is 991. The van der Waals surface area contributed by atoms with E-state index in [1.807, 2.05) is 31.2 Å². The molecule has 1 atom stereocenters. The molecule has 154 valence electrons. The van der Waals surface area contributed by atoms with Crippen LogP contribution in [0.5, 0.6) is 0 Å². The quantitative estimate of drug-likeness (QED) is 0.535. The number of carbonyl (C=O) groups is 1. The van der Waals surface area contributed by atoms with E-state index in [4.69, 9.17) is 16.0 Å². The fourth-order valence-electron chi connectivity index (χ4n) is 3.23. The largest absolute Gasteiger partial charge is 0.440 e. The Balaban J connectivity index is 1.63. The topological polar surface area (TPSA) is 75.4 Å². The minimum Gasteiger partial charge on any atom is -0.440 e. The van der Waals surface area contributed by atoms with E-state index in [2.05, 4.69) is 10.3 Å². The molecule has 0 spiro atoms. The van der Waals surface area contributed by atoms with Gasteiger partial charge in [0.05, 0.1) is 5.60 Å². The van der Waals surface area contributed by atoms with Crippen LogP contribution in [0.15, 0.2) is 46.9 Å². The molecule has 2 aromatic carbocycles. The van der Waals surface area contributed by atoms with Gasteiger partial charge in [-0.25, -0.2) is 4.98 Å². The van der Waals surface area contributed by atoms with Crippen molar-refractivity contribution in [3.05, 3.63) is 64.5 Å². The predicted molar refractivity (Wildman–Crippen MR) is 115 cm³/mol. The molecule has 1 amide bonds. The van der Waals surface area contributed by atoms with E-state index in [1.165, 1.54) is 0 Å². The Morgan fingerprint density at radius 1 is 1.28 bits per heavy atom. The van der Waals surface area contributed by atoms with Crippen molar-refractivity contribution in [1.29, 1.82) is 0 Å². The first-order chi connectivity index (χ1) is 13.7. The Kier molecular flexibility index (Phi) is 6.60. The fraction of sp³-hybridized carbons (Fsp3) is 0.391. The molecule has 0 radical (unpaired) electrons. The third-order valence-corrected chi connectivity index (χ3v) is 4.98. The number of hydrogen-bond acceptors (Lipinski definition) is 4. The van der Waals surface area contributed by atoms with Crippen molar-refractivity contribution in [2.75, 3.05) is 0 Å². The number of hydrogen-bond donors (Lipinski definition) is 2. The number of nitrogens with zero attached hydrogens (tertiary/aromatic N) is 1. The highest BCUT2D eigenvalue weighted by Gasteiger charge is 2.16. The van der Waals surface area contributed by atoms with Crippen LogP contribution in [0.2, 0.25) is 5.02 Å². The zero-order chi connectivity index (χ0) is 21.0. The summed E-state index contributed by atoms with van der Waals surface area (Å²) < 4.78 is 5.85. The smallest absolute Gasteiger partial charge is 0.251 e. The van der Waals surface area contributed by atoms with E-state index in [1.54, 1.807) is 32.0 Å². The van der Waals surface area contributed by atoms with Gasteiger partial charge >= 0.3 is 0 Å². The molecule has 0 fully saturated rings. The number of fused-ring (bicyclic) bond motifs is 1. The summed E-state index contributed by atoms with van der Waals surface area (Å²) in [7, 11) is 0.